The van der Waals surface area contributed by atoms with E-state index in [9.17, 15) is 13.2 Å². The summed E-state index contributed by atoms with van der Waals surface area (Å²) in [5.41, 5.74) is -0.971. The smallest absolute Gasteiger partial charge is 0.376 e. The van der Waals surface area contributed by atoms with E-state index in [1.165, 1.54) is 7.05 Å². The first-order valence-corrected chi connectivity index (χ1v) is 5.98. The fraction of sp³-hybridized carbons (Fsp3) is 0.636. The second-order valence-electron chi connectivity index (χ2n) is 4.23. The first-order chi connectivity index (χ1) is 8.99. The van der Waals surface area contributed by atoms with Gasteiger partial charge in [0, 0.05) is 26.3 Å². The molecule has 1 aliphatic heterocycles. The maximum Gasteiger partial charge on any atom is 0.433 e. The van der Waals surface area contributed by atoms with Crippen molar-refractivity contribution >= 4 is 11.8 Å². The number of anilines is 2. The van der Waals surface area contributed by atoms with E-state index < -0.39 is 11.9 Å². The first kappa shape index (κ1) is 13.9. The molecule has 1 saturated heterocycles. The molecule has 0 radical (unpaired) electrons. The zero-order valence-electron chi connectivity index (χ0n) is 10.4. The molecular weight excluding hydrogens is 261 g/mol. The van der Waals surface area contributed by atoms with Crippen molar-refractivity contribution in [2.75, 3.05) is 30.8 Å². The molecule has 0 aliphatic carbocycles. The standard InChI is InChI=1S/C11H15F3N4O/c1-15-10-17-8(11(12,13)14)5-9(18-10)16-6-7-3-2-4-19-7/h5,7H,2-4,6H2,1H3,(H2,15,16,17,18)/t7-/m0/s1. The number of hydrogen-bond acceptors (Lipinski definition) is 5. The average Bonchev–Trinajstić information content (AvgIpc) is 2.88. The van der Waals surface area contributed by atoms with Gasteiger partial charge in [-0.1, -0.05) is 0 Å². The van der Waals surface area contributed by atoms with Gasteiger partial charge in [0.25, 0.3) is 0 Å². The summed E-state index contributed by atoms with van der Waals surface area (Å²) in [7, 11) is 1.47. The van der Waals surface area contributed by atoms with Gasteiger partial charge in [0.05, 0.1) is 6.10 Å². The quantitative estimate of drug-likeness (QED) is 0.882. The summed E-state index contributed by atoms with van der Waals surface area (Å²) >= 11 is 0. The highest BCUT2D eigenvalue weighted by Crippen LogP contribution is 2.29. The van der Waals surface area contributed by atoms with Gasteiger partial charge in [-0.25, -0.2) is 4.98 Å². The molecule has 0 aromatic carbocycles. The predicted octanol–water partition coefficient (Wildman–Crippen LogP) is 2.13. The summed E-state index contributed by atoms with van der Waals surface area (Å²) in [6.07, 6.45) is -2.58. The monoisotopic (exact) mass is 276 g/mol. The lowest BCUT2D eigenvalue weighted by atomic mass is 10.2. The van der Waals surface area contributed by atoms with Crippen molar-refractivity contribution in [3.8, 4) is 0 Å². The topological polar surface area (TPSA) is 59.1 Å². The maximum absolute atomic E-state index is 12.7. The van der Waals surface area contributed by atoms with Crippen molar-refractivity contribution in [2.24, 2.45) is 0 Å². The van der Waals surface area contributed by atoms with E-state index >= 15 is 0 Å². The Morgan fingerprint density at radius 3 is 2.79 bits per heavy atom. The van der Waals surface area contributed by atoms with Gasteiger partial charge < -0.3 is 15.4 Å². The van der Waals surface area contributed by atoms with Crippen molar-refractivity contribution < 1.29 is 17.9 Å². The van der Waals surface area contributed by atoms with Crippen LogP contribution >= 0.6 is 0 Å². The van der Waals surface area contributed by atoms with Crippen LogP contribution in [0.1, 0.15) is 18.5 Å². The Morgan fingerprint density at radius 2 is 2.21 bits per heavy atom. The summed E-state index contributed by atoms with van der Waals surface area (Å²) in [4.78, 5) is 7.32. The van der Waals surface area contributed by atoms with E-state index in [-0.39, 0.29) is 17.9 Å². The lowest BCUT2D eigenvalue weighted by Crippen LogP contribution is -2.20. The van der Waals surface area contributed by atoms with E-state index in [4.69, 9.17) is 4.74 Å². The molecule has 19 heavy (non-hydrogen) atoms. The molecule has 2 N–H and O–H groups in total. The molecule has 1 aromatic rings. The predicted molar refractivity (Wildman–Crippen MR) is 64.0 cm³/mol. The van der Waals surface area contributed by atoms with Gasteiger partial charge >= 0.3 is 6.18 Å². The summed E-state index contributed by atoms with van der Waals surface area (Å²) in [6, 6.07) is 0.899. The molecule has 0 spiro atoms. The van der Waals surface area contributed by atoms with Crippen LogP contribution in [0.15, 0.2) is 6.07 Å². The molecule has 0 bridgehead atoms. The third-order valence-corrected chi connectivity index (χ3v) is 2.78. The maximum atomic E-state index is 12.7. The van der Waals surface area contributed by atoms with Crippen LogP contribution in [0.5, 0.6) is 0 Å². The van der Waals surface area contributed by atoms with Gasteiger partial charge in [0.15, 0.2) is 5.69 Å². The van der Waals surface area contributed by atoms with Crippen LogP contribution < -0.4 is 10.6 Å². The number of aromatic nitrogens is 2. The number of nitrogens with one attached hydrogen (secondary N) is 2. The molecule has 2 rings (SSSR count). The second-order valence-corrected chi connectivity index (χ2v) is 4.23. The molecular formula is C11H15F3N4O. The largest absolute Gasteiger partial charge is 0.433 e. The minimum absolute atomic E-state index is 0.0299. The molecule has 1 atom stereocenters. The fourth-order valence-corrected chi connectivity index (χ4v) is 1.82. The summed E-state index contributed by atoms with van der Waals surface area (Å²) < 4.78 is 43.3. The highest BCUT2D eigenvalue weighted by atomic mass is 19.4. The molecule has 2 heterocycles. The Bertz CT molecular complexity index is 432. The van der Waals surface area contributed by atoms with Crippen molar-refractivity contribution in [3.63, 3.8) is 0 Å². The van der Waals surface area contributed by atoms with E-state index in [1.807, 2.05) is 0 Å². The Hall–Kier alpha value is -1.57. The molecule has 5 nitrogen and oxygen atoms in total. The molecule has 0 unspecified atom stereocenters. The van der Waals surface area contributed by atoms with Crippen molar-refractivity contribution in [1.82, 2.24) is 9.97 Å². The molecule has 1 fully saturated rings. The fourth-order valence-electron chi connectivity index (χ4n) is 1.82. The third-order valence-electron chi connectivity index (χ3n) is 2.78. The van der Waals surface area contributed by atoms with Crippen LogP contribution in [-0.2, 0) is 10.9 Å². The molecule has 0 saturated carbocycles. The number of halogens is 3. The second kappa shape index (κ2) is 5.60. The molecule has 0 amide bonds. The molecule has 1 aliphatic rings. The van der Waals surface area contributed by atoms with Crippen LogP contribution in [0, 0.1) is 0 Å². The third kappa shape index (κ3) is 3.69. The van der Waals surface area contributed by atoms with E-state index in [1.54, 1.807) is 0 Å². The summed E-state index contributed by atoms with van der Waals surface area (Å²) in [5.74, 6) is 0.0758. The number of rotatable bonds is 4. The first-order valence-electron chi connectivity index (χ1n) is 5.98. The highest BCUT2D eigenvalue weighted by Gasteiger charge is 2.33. The Morgan fingerprint density at radius 1 is 1.42 bits per heavy atom. The van der Waals surface area contributed by atoms with Crippen LogP contribution in [0.2, 0.25) is 0 Å². The lowest BCUT2D eigenvalue weighted by Gasteiger charge is -2.14. The Balaban J connectivity index is 2.10. The minimum Gasteiger partial charge on any atom is -0.376 e. The molecule has 1 aromatic heterocycles. The highest BCUT2D eigenvalue weighted by molar-refractivity contribution is 5.43. The lowest BCUT2D eigenvalue weighted by molar-refractivity contribution is -0.141. The SMILES string of the molecule is CNc1nc(NC[C@@H]2CCCO2)cc(C(F)(F)F)n1. The van der Waals surface area contributed by atoms with Crippen LogP contribution in [0.4, 0.5) is 24.9 Å². The van der Waals surface area contributed by atoms with E-state index in [0.29, 0.717) is 13.2 Å². The molecule has 8 heteroatoms. The number of nitrogens with zero attached hydrogens (tertiary/aromatic N) is 2. The Labute approximate surface area is 108 Å². The summed E-state index contributed by atoms with van der Waals surface area (Å²) in [6.45, 7) is 1.14. The van der Waals surface area contributed by atoms with Gasteiger partial charge in [0.1, 0.15) is 5.82 Å². The van der Waals surface area contributed by atoms with E-state index in [2.05, 4.69) is 20.6 Å². The van der Waals surface area contributed by atoms with Crippen LogP contribution in [0.3, 0.4) is 0 Å². The van der Waals surface area contributed by atoms with Crippen molar-refractivity contribution in [3.05, 3.63) is 11.8 Å². The van der Waals surface area contributed by atoms with Crippen molar-refractivity contribution in [2.45, 2.75) is 25.1 Å². The van der Waals surface area contributed by atoms with Gasteiger partial charge in [-0.05, 0) is 12.8 Å². The van der Waals surface area contributed by atoms with Crippen LogP contribution in [0.25, 0.3) is 0 Å². The zero-order chi connectivity index (χ0) is 13.9. The minimum atomic E-state index is -4.49. The van der Waals surface area contributed by atoms with Crippen molar-refractivity contribution in [1.29, 1.82) is 0 Å². The summed E-state index contributed by atoms with van der Waals surface area (Å²) in [5, 5.41) is 5.37. The van der Waals surface area contributed by atoms with Crippen LogP contribution in [-0.4, -0.2) is 36.3 Å². The normalized spacial score (nSPS) is 19.5. The number of ether oxygens (including phenoxy) is 1. The van der Waals surface area contributed by atoms with E-state index in [0.717, 1.165) is 18.9 Å². The number of hydrogen-bond donors (Lipinski definition) is 2. The Kier molecular flexibility index (Phi) is 4.08. The molecule has 106 valence electrons. The van der Waals surface area contributed by atoms with Gasteiger partial charge in [0.2, 0.25) is 5.95 Å². The zero-order valence-corrected chi connectivity index (χ0v) is 10.4. The van der Waals surface area contributed by atoms with Gasteiger partial charge in [-0.3, -0.25) is 0 Å². The van der Waals surface area contributed by atoms with Gasteiger partial charge in [-0.15, -0.1) is 0 Å². The number of alkyl halides is 3. The van der Waals surface area contributed by atoms with Gasteiger partial charge in [-0.2, -0.15) is 18.2 Å². The average molecular weight is 276 g/mol.